The number of aromatic nitrogens is 2. The minimum Gasteiger partial charge on any atom is -0.497 e. The van der Waals surface area contributed by atoms with E-state index in [1.54, 1.807) is 11.7 Å². The van der Waals surface area contributed by atoms with Crippen molar-refractivity contribution in [3.8, 4) is 34.0 Å². The number of benzene rings is 2. The maximum Gasteiger partial charge on any atom is 0.351 e. The number of ether oxygens (including phenoxy) is 4. The molecule has 0 bridgehead atoms. The second-order valence-electron chi connectivity index (χ2n) is 7.65. The zero-order valence-corrected chi connectivity index (χ0v) is 17.4. The molecule has 0 saturated carbocycles. The predicted octanol–water partition coefficient (Wildman–Crippen LogP) is 2.94. The summed E-state index contributed by atoms with van der Waals surface area (Å²) in [4.78, 5) is 16.7. The highest BCUT2D eigenvalue weighted by Gasteiger charge is 2.21. The van der Waals surface area contributed by atoms with Crippen molar-refractivity contribution >= 4 is 0 Å². The molecule has 2 aliphatic heterocycles. The van der Waals surface area contributed by atoms with Crippen molar-refractivity contribution < 1.29 is 18.9 Å². The molecule has 2 aliphatic rings. The second kappa shape index (κ2) is 8.53. The van der Waals surface area contributed by atoms with Crippen LogP contribution in [0.1, 0.15) is 5.56 Å². The van der Waals surface area contributed by atoms with E-state index in [9.17, 15) is 4.79 Å². The highest BCUT2D eigenvalue weighted by Crippen LogP contribution is 2.33. The third kappa shape index (κ3) is 4.06. The van der Waals surface area contributed by atoms with Crippen molar-refractivity contribution in [2.75, 3.05) is 33.5 Å². The monoisotopic (exact) mass is 420 g/mol. The van der Waals surface area contributed by atoms with Crippen LogP contribution in [0.4, 0.5) is 0 Å². The van der Waals surface area contributed by atoms with Crippen molar-refractivity contribution in [1.82, 2.24) is 9.55 Å². The molecule has 7 heteroatoms. The van der Waals surface area contributed by atoms with Crippen LogP contribution in [0.3, 0.4) is 0 Å². The topological polar surface area (TPSA) is 71.8 Å². The fraction of sp³-hybridized carbons (Fsp3) is 0.333. The highest BCUT2D eigenvalue weighted by molar-refractivity contribution is 5.74. The van der Waals surface area contributed by atoms with Crippen LogP contribution < -0.4 is 15.2 Å². The average molecular weight is 420 g/mol. The minimum atomic E-state index is -0.296. The van der Waals surface area contributed by atoms with Crippen LogP contribution in [0.15, 0.2) is 53.3 Å². The molecular weight excluding hydrogens is 396 g/mol. The van der Waals surface area contributed by atoms with Gasteiger partial charge in [-0.05, 0) is 35.2 Å². The van der Waals surface area contributed by atoms with E-state index in [1.807, 2.05) is 24.3 Å². The van der Waals surface area contributed by atoms with Gasteiger partial charge in [-0.2, -0.15) is 4.98 Å². The van der Waals surface area contributed by atoms with Gasteiger partial charge in [-0.25, -0.2) is 4.79 Å². The van der Waals surface area contributed by atoms with Gasteiger partial charge in [0.25, 0.3) is 0 Å². The summed E-state index contributed by atoms with van der Waals surface area (Å²) < 4.78 is 23.8. The maximum absolute atomic E-state index is 12.6. The van der Waals surface area contributed by atoms with Gasteiger partial charge in [0.15, 0.2) is 0 Å². The smallest absolute Gasteiger partial charge is 0.351 e. The van der Waals surface area contributed by atoms with Gasteiger partial charge >= 0.3 is 5.69 Å². The highest BCUT2D eigenvalue weighted by atomic mass is 16.6. The largest absolute Gasteiger partial charge is 0.497 e. The van der Waals surface area contributed by atoms with Crippen LogP contribution in [-0.2, 0) is 22.4 Å². The lowest BCUT2D eigenvalue weighted by atomic mass is 9.93. The summed E-state index contributed by atoms with van der Waals surface area (Å²) >= 11 is 0. The molecule has 3 aromatic rings. The molecule has 1 unspecified atom stereocenters. The molecule has 0 spiro atoms. The second-order valence-corrected chi connectivity index (χ2v) is 7.65. The van der Waals surface area contributed by atoms with E-state index in [2.05, 4.69) is 29.2 Å². The molecule has 0 amide bonds. The van der Waals surface area contributed by atoms with Crippen molar-refractivity contribution in [3.05, 3.63) is 64.6 Å². The summed E-state index contributed by atoms with van der Waals surface area (Å²) in [5.41, 5.74) is 4.97. The Hall–Kier alpha value is -3.16. The Balaban J connectivity index is 1.44. The zero-order chi connectivity index (χ0) is 21.2. The molecule has 5 rings (SSSR count). The van der Waals surface area contributed by atoms with Crippen LogP contribution in [0.2, 0.25) is 0 Å². The lowest BCUT2D eigenvalue weighted by molar-refractivity contribution is -0.102. The van der Waals surface area contributed by atoms with Crippen molar-refractivity contribution in [1.29, 1.82) is 0 Å². The van der Waals surface area contributed by atoms with E-state index < -0.39 is 0 Å². The number of hydrogen-bond acceptors (Lipinski definition) is 6. The van der Waals surface area contributed by atoms with Crippen molar-refractivity contribution in [3.63, 3.8) is 0 Å². The zero-order valence-electron chi connectivity index (χ0n) is 17.4. The molecule has 0 radical (unpaired) electrons. The van der Waals surface area contributed by atoms with Gasteiger partial charge in [-0.15, -0.1) is 0 Å². The molecule has 3 heterocycles. The molecule has 31 heavy (non-hydrogen) atoms. The first-order valence-electron chi connectivity index (χ1n) is 10.4. The van der Waals surface area contributed by atoms with E-state index in [0.29, 0.717) is 38.9 Å². The lowest BCUT2D eigenvalue weighted by Gasteiger charge is -2.24. The summed E-state index contributed by atoms with van der Waals surface area (Å²) in [7, 11) is 1.67. The molecule has 1 saturated heterocycles. The third-order valence-electron chi connectivity index (χ3n) is 5.68. The Bertz CT molecular complexity index is 1150. The summed E-state index contributed by atoms with van der Waals surface area (Å²) in [6.45, 7) is 2.54. The number of rotatable bonds is 5. The lowest BCUT2D eigenvalue weighted by Crippen LogP contribution is -2.34. The Kier molecular flexibility index (Phi) is 5.44. The number of nitrogens with zero attached hydrogens (tertiary/aromatic N) is 2. The molecular formula is C24H24N2O5. The molecule has 2 aromatic carbocycles. The first-order valence-corrected chi connectivity index (χ1v) is 10.4. The summed E-state index contributed by atoms with van der Waals surface area (Å²) in [5, 5.41) is 0. The Morgan fingerprint density at radius 1 is 1.13 bits per heavy atom. The van der Waals surface area contributed by atoms with Gasteiger partial charge in [0.1, 0.15) is 18.5 Å². The molecule has 0 aliphatic carbocycles. The number of hydrogen-bond donors (Lipinski definition) is 0. The molecule has 160 valence electrons. The van der Waals surface area contributed by atoms with E-state index in [4.69, 9.17) is 18.9 Å². The van der Waals surface area contributed by atoms with Gasteiger partial charge < -0.3 is 18.9 Å². The first kappa shape index (κ1) is 19.8. The summed E-state index contributed by atoms with van der Waals surface area (Å²) in [6, 6.07) is 16.2. The maximum atomic E-state index is 12.6. The summed E-state index contributed by atoms with van der Waals surface area (Å²) in [5.74, 6) is 1.14. The fourth-order valence-corrected chi connectivity index (χ4v) is 4.07. The Morgan fingerprint density at radius 3 is 2.87 bits per heavy atom. The molecule has 0 N–H and O–H groups in total. The van der Waals surface area contributed by atoms with Gasteiger partial charge in [0.2, 0.25) is 5.88 Å². The van der Waals surface area contributed by atoms with Gasteiger partial charge in [-0.3, -0.25) is 4.57 Å². The van der Waals surface area contributed by atoms with Gasteiger partial charge in [0.05, 0.1) is 32.6 Å². The Morgan fingerprint density at radius 2 is 2.03 bits per heavy atom. The number of aryl methyl sites for hydroxylation is 1. The van der Waals surface area contributed by atoms with Crippen LogP contribution in [-0.4, -0.2) is 49.2 Å². The van der Waals surface area contributed by atoms with Crippen LogP contribution >= 0.6 is 0 Å². The molecule has 1 fully saturated rings. The van der Waals surface area contributed by atoms with Crippen molar-refractivity contribution in [2.24, 2.45) is 0 Å². The van der Waals surface area contributed by atoms with E-state index in [1.165, 1.54) is 5.56 Å². The van der Waals surface area contributed by atoms with Gasteiger partial charge in [-0.1, -0.05) is 30.3 Å². The molecule has 1 atom stereocenters. The third-order valence-corrected chi connectivity index (χ3v) is 5.68. The number of fused-ring (bicyclic) bond motifs is 3. The quantitative estimate of drug-likeness (QED) is 0.632. The fourth-order valence-electron chi connectivity index (χ4n) is 4.07. The van der Waals surface area contributed by atoms with E-state index in [0.717, 1.165) is 34.6 Å². The van der Waals surface area contributed by atoms with Crippen molar-refractivity contribution in [2.45, 2.75) is 19.1 Å². The Labute approximate surface area is 180 Å². The SMILES string of the molecule is COc1cccc(-c2ccc3c(c2)CCn2c-3cc(OCC3COCCO3)nc2=O)c1. The minimum absolute atomic E-state index is 0.146. The predicted molar refractivity (Wildman–Crippen MR) is 116 cm³/mol. The van der Waals surface area contributed by atoms with Crippen LogP contribution in [0.5, 0.6) is 11.6 Å². The summed E-state index contributed by atoms with van der Waals surface area (Å²) in [6.07, 6.45) is 0.627. The molecule has 7 nitrogen and oxygen atoms in total. The van der Waals surface area contributed by atoms with Gasteiger partial charge in [0, 0.05) is 18.2 Å². The molecule has 1 aromatic heterocycles. The standard InChI is InChI=1S/C24H24N2O5/c1-28-19-4-2-3-16(12-19)17-5-6-21-18(11-17)7-8-26-22(21)13-23(25-24(26)27)31-15-20-14-29-9-10-30-20/h2-6,11-13,20H,7-10,14-15H2,1H3. The first-order chi connectivity index (χ1) is 15.2. The number of methoxy groups -OCH3 is 1. The van der Waals surface area contributed by atoms with Crippen LogP contribution in [0.25, 0.3) is 22.4 Å². The van der Waals surface area contributed by atoms with Crippen LogP contribution in [0, 0.1) is 0 Å². The normalized spacial score (nSPS) is 17.5. The average Bonchev–Trinajstić information content (AvgIpc) is 2.83. The van der Waals surface area contributed by atoms with E-state index in [-0.39, 0.29) is 11.8 Å². The van der Waals surface area contributed by atoms with E-state index >= 15 is 0 Å².